The van der Waals surface area contributed by atoms with E-state index < -0.39 is 0 Å². The number of rotatable bonds is 2. The first kappa shape index (κ1) is 12.9. The molecule has 0 saturated carbocycles. The fourth-order valence-corrected chi connectivity index (χ4v) is 2.69. The molecule has 0 aliphatic heterocycles. The van der Waals surface area contributed by atoms with Gasteiger partial charge in [0.2, 0.25) is 0 Å². The molecule has 0 atom stereocenters. The van der Waals surface area contributed by atoms with E-state index in [0.717, 1.165) is 20.9 Å². The molecule has 0 aliphatic rings. The number of nitrogen functional groups attached to an aromatic ring is 1. The van der Waals surface area contributed by atoms with E-state index in [1.807, 2.05) is 48.7 Å². The molecule has 0 aliphatic carbocycles. The van der Waals surface area contributed by atoms with Gasteiger partial charge in [0.05, 0.1) is 5.52 Å². The van der Waals surface area contributed by atoms with Crippen LogP contribution in [-0.4, -0.2) is 4.57 Å². The largest absolute Gasteiger partial charge is 0.398 e. The van der Waals surface area contributed by atoms with Crippen LogP contribution in [0.3, 0.4) is 0 Å². The molecular weight excluding hydrogens is 316 g/mol. The minimum Gasteiger partial charge on any atom is -0.398 e. The van der Waals surface area contributed by atoms with E-state index in [-0.39, 0.29) is 5.43 Å². The zero-order valence-corrected chi connectivity index (χ0v) is 12.3. The molecule has 20 heavy (non-hydrogen) atoms. The van der Waals surface area contributed by atoms with Gasteiger partial charge in [0.15, 0.2) is 5.43 Å². The summed E-state index contributed by atoms with van der Waals surface area (Å²) >= 11 is 3.52. The maximum Gasteiger partial charge on any atom is 0.189 e. The van der Waals surface area contributed by atoms with Gasteiger partial charge in [0, 0.05) is 34.4 Å². The molecule has 0 amide bonds. The van der Waals surface area contributed by atoms with Crippen LogP contribution in [0.1, 0.15) is 5.56 Å². The fraction of sp³-hybridized carbons (Fsp3) is 0.0625. The third-order valence-corrected chi connectivity index (χ3v) is 4.30. The van der Waals surface area contributed by atoms with Crippen molar-refractivity contribution in [3.63, 3.8) is 0 Å². The van der Waals surface area contributed by atoms with Crippen molar-refractivity contribution in [1.29, 1.82) is 0 Å². The Morgan fingerprint density at radius 3 is 2.70 bits per heavy atom. The first-order chi connectivity index (χ1) is 9.66. The standard InChI is InChI=1S/C16H13BrN2O/c17-16-11(4-3-6-13(16)18)10-19-9-8-15(20)12-5-1-2-7-14(12)19/h1-9H,10,18H2. The molecule has 2 N–H and O–H groups in total. The molecular formula is C16H13BrN2O. The number of pyridine rings is 1. The van der Waals surface area contributed by atoms with E-state index in [9.17, 15) is 4.79 Å². The number of nitrogens with zero attached hydrogens (tertiary/aromatic N) is 1. The summed E-state index contributed by atoms with van der Waals surface area (Å²) in [6.07, 6.45) is 1.82. The van der Waals surface area contributed by atoms with Crippen molar-refractivity contribution in [3.05, 3.63) is 75.0 Å². The third kappa shape index (κ3) is 2.23. The lowest BCUT2D eigenvalue weighted by atomic mass is 10.1. The molecule has 0 bridgehead atoms. The maximum absolute atomic E-state index is 11.9. The third-order valence-electron chi connectivity index (χ3n) is 3.33. The number of benzene rings is 2. The van der Waals surface area contributed by atoms with Gasteiger partial charge >= 0.3 is 0 Å². The lowest BCUT2D eigenvalue weighted by Crippen LogP contribution is -2.09. The highest BCUT2D eigenvalue weighted by Crippen LogP contribution is 2.25. The molecule has 0 saturated heterocycles. The highest BCUT2D eigenvalue weighted by Gasteiger charge is 2.06. The van der Waals surface area contributed by atoms with Gasteiger partial charge in [-0.2, -0.15) is 0 Å². The summed E-state index contributed by atoms with van der Waals surface area (Å²) in [6, 6.07) is 15.0. The number of hydrogen-bond donors (Lipinski definition) is 1. The van der Waals surface area contributed by atoms with E-state index in [1.54, 1.807) is 6.07 Å². The molecule has 3 nitrogen and oxygen atoms in total. The topological polar surface area (TPSA) is 48.0 Å². The summed E-state index contributed by atoms with van der Waals surface area (Å²) in [5, 5.41) is 0.732. The zero-order valence-electron chi connectivity index (χ0n) is 10.7. The van der Waals surface area contributed by atoms with Crippen molar-refractivity contribution in [2.75, 3.05) is 5.73 Å². The van der Waals surface area contributed by atoms with Gasteiger partial charge in [0.1, 0.15) is 0 Å². The summed E-state index contributed by atoms with van der Waals surface area (Å²) < 4.78 is 2.96. The molecule has 4 heteroatoms. The summed E-state index contributed by atoms with van der Waals surface area (Å²) in [4.78, 5) is 11.9. The molecule has 1 heterocycles. The van der Waals surface area contributed by atoms with Crippen LogP contribution in [0.4, 0.5) is 5.69 Å². The quantitative estimate of drug-likeness (QED) is 0.733. The van der Waals surface area contributed by atoms with Crippen LogP contribution in [0, 0.1) is 0 Å². The Morgan fingerprint density at radius 1 is 1.05 bits per heavy atom. The molecule has 3 rings (SSSR count). The predicted molar refractivity (Wildman–Crippen MR) is 85.9 cm³/mol. The van der Waals surface area contributed by atoms with Crippen molar-refractivity contribution >= 4 is 32.5 Å². The Bertz CT molecular complexity index is 839. The summed E-state index contributed by atoms with van der Waals surface area (Å²) in [5.41, 5.74) is 8.67. The van der Waals surface area contributed by atoms with Gasteiger partial charge in [-0.15, -0.1) is 0 Å². The Labute approximate surface area is 124 Å². The van der Waals surface area contributed by atoms with E-state index >= 15 is 0 Å². The van der Waals surface area contributed by atoms with Crippen LogP contribution in [0.25, 0.3) is 10.9 Å². The van der Waals surface area contributed by atoms with E-state index in [0.29, 0.717) is 12.2 Å². The van der Waals surface area contributed by atoms with Crippen LogP contribution in [0.5, 0.6) is 0 Å². The maximum atomic E-state index is 11.9. The van der Waals surface area contributed by atoms with Crippen molar-refractivity contribution in [3.8, 4) is 0 Å². The van der Waals surface area contributed by atoms with Crippen LogP contribution in [0.15, 0.2) is 64.0 Å². The zero-order chi connectivity index (χ0) is 14.1. The monoisotopic (exact) mass is 328 g/mol. The molecule has 1 aromatic heterocycles. The number of fused-ring (bicyclic) bond motifs is 1. The van der Waals surface area contributed by atoms with Crippen molar-refractivity contribution < 1.29 is 0 Å². The number of para-hydroxylation sites is 1. The number of aromatic nitrogens is 1. The van der Waals surface area contributed by atoms with Crippen molar-refractivity contribution in [1.82, 2.24) is 4.57 Å². The Hall–Kier alpha value is -2.07. The number of hydrogen-bond acceptors (Lipinski definition) is 2. The molecule has 2 aromatic carbocycles. The normalized spacial score (nSPS) is 10.8. The van der Waals surface area contributed by atoms with Crippen LogP contribution < -0.4 is 11.2 Å². The van der Waals surface area contributed by atoms with Gasteiger partial charge in [0.25, 0.3) is 0 Å². The fourth-order valence-electron chi connectivity index (χ4n) is 2.30. The summed E-state index contributed by atoms with van der Waals surface area (Å²) in [6.45, 7) is 0.659. The number of nitrogens with two attached hydrogens (primary N) is 1. The smallest absolute Gasteiger partial charge is 0.189 e. The predicted octanol–water partition coefficient (Wildman–Crippen LogP) is 3.39. The lowest BCUT2D eigenvalue weighted by Gasteiger charge is -2.12. The van der Waals surface area contributed by atoms with Gasteiger partial charge in [-0.25, -0.2) is 0 Å². The van der Waals surface area contributed by atoms with Crippen molar-refractivity contribution in [2.45, 2.75) is 6.54 Å². The summed E-state index contributed by atoms with van der Waals surface area (Å²) in [5.74, 6) is 0. The first-order valence-electron chi connectivity index (χ1n) is 6.28. The van der Waals surface area contributed by atoms with E-state index in [1.165, 1.54) is 0 Å². The van der Waals surface area contributed by atoms with Gasteiger partial charge in [-0.3, -0.25) is 4.79 Å². The minimum absolute atomic E-state index is 0.0449. The Morgan fingerprint density at radius 2 is 1.85 bits per heavy atom. The van der Waals surface area contributed by atoms with Crippen LogP contribution >= 0.6 is 15.9 Å². The van der Waals surface area contributed by atoms with Crippen molar-refractivity contribution in [2.24, 2.45) is 0 Å². The second kappa shape index (κ2) is 5.13. The minimum atomic E-state index is 0.0449. The number of anilines is 1. The van der Waals surface area contributed by atoms with E-state index in [2.05, 4.69) is 20.5 Å². The molecule has 0 unspecified atom stereocenters. The SMILES string of the molecule is Nc1cccc(Cn2ccc(=O)c3ccccc32)c1Br. The van der Waals surface area contributed by atoms with Gasteiger partial charge < -0.3 is 10.3 Å². The molecule has 100 valence electrons. The summed E-state index contributed by atoms with van der Waals surface area (Å²) in [7, 11) is 0. The van der Waals surface area contributed by atoms with Crippen LogP contribution in [-0.2, 0) is 6.54 Å². The highest BCUT2D eigenvalue weighted by atomic mass is 79.9. The molecule has 0 radical (unpaired) electrons. The van der Waals surface area contributed by atoms with E-state index in [4.69, 9.17) is 5.73 Å². The molecule has 0 spiro atoms. The van der Waals surface area contributed by atoms with Crippen LogP contribution in [0.2, 0.25) is 0 Å². The average Bonchev–Trinajstić information content (AvgIpc) is 2.47. The lowest BCUT2D eigenvalue weighted by molar-refractivity contribution is 0.822. The number of halogens is 1. The molecule has 0 fully saturated rings. The average molecular weight is 329 g/mol. The Kier molecular flexibility index (Phi) is 3.32. The second-order valence-electron chi connectivity index (χ2n) is 4.65. The first-order valence-corrected chi connectivity index (χ1v) is 7.07. The highest BCUT2D eigenvalue weighted by molar-refractivity contribution is 9.10. The Balaban J connectivity index is 2.14. The van der Waals surface area contributed by atoms with Gasteiger partial charge in [-0.05, 0) is 39.7 Å². The second-order valence-corrected chi connectivity index (χ2v) is 5.44. The molecule has 3 aromatic rings. The van der Waals surface area contributed by atoms with Gasteiger partial charge in [-0.1, -0.05) is 24.3 Å².